The van der Waals surface area contributed by atoms with Crippen molar-refractivity contribution in [1.29, 1.82) is 0 Å². The number of nitrogens with zero attached hydrogens (tertiary/aromatic N) is 1. The molecular weight excluding hydrogens is 453 g/mol. The molecule has 0 aliphatic rings. The van der Waals surface area contributed by atoms with Crippen LogP contribution >= 0.6 is 45.9 Å². The third-order valence-corrected chi connectivity index (χ3v) is 6.13. The molecule has 0 atom stereocenters. The number of aromatic nitrogens is 1. The van der Waals surface area contributed by atoms with Crippen molar-refractivity contribution in [3.05, 3.63) is 56.8 Å². The summed E-state index contributed by atoms with van der Waals surface area (Å²) < 4.78 is 5.52. The lowest BCUT2D eigenvalue weighted by molar-refractivity contribution is -0.128. The van der Waals surface area contributed by atoms with Crippen LogP contribution in [0, 0.1) is 0 Å². The third kappa shape index (κ3) is 6.71. The standard InChI is InChI=1S/C19H17Cl2N3O3S2/c20-12-5-6-15(14(21)9-12)27-7-1-4-17(25)23-24-18(26)10-13-11-29-19(22-13)16-3-2-8-28-16/h2-3,5-6,8-9,11H,1,4,7,10H2,(H,23,25)(H,24,26). The number of thiophene rings is 1. The van der Waals surface area contributed by atoms with Crippen molar-refractivity contribution in [1.82, 2.24) is 15.8 Å². The summed E-state index contributed by atoms with van der Waals surface area (Å²) in [5.41, 5.74) is 5.46. The zero-order valence-corrected chi connectivity index (χ0v) is 18.3. The Balaban J connectivity index is 1.33. The lowest BCUT2D eigenvalue weighted by Gasteiger charge is -2.09. The van der Waals surface area contributed by atoms with E-state index >= 15 is 0 Å². The highest BCUT2D eigenvalue weighted by Crippen LogP contribution is 2.28. The zero-order chi connectivity index (χ0) is 20.6. The van der Waals surface area contributed by atoms with Crippen LogP contribution in [0.15, 0.2) is 41.1 Å². The Bertz CT molecular complexity index is 977. The van der Waals surface area contributed by atoms with E-state index in [1.54, 1.807) is 29.5 Å². The molecule has 0 radical (unpaired) electrons. The zero-order valence-electron chi connectivity index (χ0n) is 15.1. The summed E-state index contributed by atoms with van der Waals surface area (Å²) in [5.74, 6) is -0.123. The van der Waals surface area contributed by atoms with Crippen molar-refractivity contribution in [2.75, 3.05) is 6.61 Å². The van der Waals surface area contributed by atoms with Crippen molar-refractivity contribution >= 4 is 57.7 Å². The molecule has 3 rings (SSSR count). The molecule has 10 heteroatoms. The average molecular weight is 470 g/mol. The molecule has 3 aromatic rings. The molecule has 6 nitrogen and oxygen atoms in total. The maximum Gasteiger partial charge on any atom is 0.244 e. The number of rotatable bonds is 8. The van der Waals surface area contributed by atoms with E-state index in [1.807, 2.05) is 22.9 Å². The van der Waals surface area contributed by atoms with Gasteiger partial charge in [-0.3, -0.25) is 20.4 Å². The van der Waals surface area contributed by atoms with E-state index in [0.717, 1.165) is 9.88 Å². The molecule has 2 N–H and O–H groups in total. The number of thiazole rings is 1. The van der Waals surface area contributed by atoms with Gasteiger partial charge in [0.1, 0.15) is 10.8 Å². The number of carbonyl (C=O) groups is 2. The van der Waals surface area contributed by atoms with Crippen molar-refractivity contribution in [3.63, 3.8) is 0 Å². The molecule has 152 valence electrons. The Kier molecular flexibility index (Phi) is 7.88. The van der Waals surface area contributed by atoms with Crippen LogP contribution < -0.4 is 15.6 Å². The monoisotopic (exact) mass is 469 g/mol. The normalized spacial score (nSPS) is 10.6. The molecule has 0 saturated carbocycles. The Labute approximate surface area is 185 Å². The molecule has 2 amide bonds. The van der Waals surface area contributed by atoms with Gasteiger partial charge in [-0.25, -0.2) is 4.98 Å². The van der Waals surface area contributed by atoms with Crippen LogP contribution in [0.1, 0.15) is 18.5 Å². The molecule has 0 spiro atoms. The molecule has 2 heterocycles. The molecule has 0 unspecified atom stereocenters. The number of halogens is 2. The van der Waals surface area contributed by atoms with E-state index in [-0.39, 0.29) is 24.7 Å². The minimum absolute atomic E-state index is 0.0976. The minimum atomic E-state index is -0.328. The summed E-state index contributed by atoms with van der Waals surface area (Å²) in [7, 11) is 0. The lowest BCUT2D eigenvalue weighted by atomic mass is 10.3. The Morgan fingerprint density at radius 1 is 1.10 bits per heavy atom. The van der Waals surface area contributed by atoms with Gasteiger partial charge in [0.25, 0.3) is 0 Å². The number of hydrogen-bond donors (Lipinski definition) is 2. The van der Waals surface area contributed by atoms with E-state index in [9.17, 15) is 9.59 Å². The molecule has 1 aromatic carbocycles. The number of hydrazine groups is 1. The Morgan fingerprint density at radius 3 is 2.69 bits per heavy atom. The van der Waals surface area contributed by atoms with E-state index in [0.29, 0.717) is 34.5 Å². The van der Waals surface area contributed by atoms with Crippen molar-refractivity contribution in [3.8, 4) is 15.6 Å². The van der Waals surface area contributed by atoms with Gasteiger partial charge in [-0.15, -0.1) is 22.7 Å². The average Bonchev–Trinajstić information content (AvgIpc) is 3.36. The van der Waals surface area contributed by atoms with Gasteiger partial charge in [0.2, 0.25) is 11.8 Å². The Hall–Kier alpha value is -2.13. The van der Waals surface area contributed by atoms with E-state index in [1.165, 1.54) is 11.3 Å². The summed E-state index contributed by atoms with van der Waals surface area (Å²) in [6, 6.07) is 8.88. The van der Waals surface area contributed by atoms with Gasteiger partial charge < -0.3 is 4.74 Å². The van der Waals surface area contributed by atoms with E-state index < -0.39 is 0 Å². The number of ether oxygens (including phenoxy) is 1. The summed E-state index contributed by atoms with van der Waals surface area (Å²) >= 11 is 14.9. The molecule has 2 aromatic heterocycles. The number of nitrogens with one attached hydrogen (secondary N) is 2. The number of amides is 2. The third-order valence-electron chi connectivity index (χ3n) is 3.67. The second-order valence-corrected chi connectivity index (χ2v) is 8.57. The predicted molar refractivity (Wildman–Crippen MR) is 117 cm³/mol. The molecule has 0 fully saturated rings. The fraction of sp³-hybridized carbons (Fsp3) is 0.211. The van der Waals surface area contributed by atoms with Gasteiger partial charge in [0.05, 0.1) is 28.6 Å². The first kappa shape index (κ1) is 21.6. The summed E-state index contributed by atoms with van der Waals surface area (Å²) in [6.07, 6.45) is 0.766. The topological polar surface area (TPSA) is 80.3 Å². The molecular formula is C19H17Cl2N3O3S2. The quantitative estimate of drug-likeness (QED) is 0.369. The molecule has 0 saturated heterocycles. The van der Waals surface area contributed by atoms with Gasteiger partial charge in [-0.2, -0.15) is 0 Å². The van der Waals surface area contributed by atoms with Gasteiger partial charge in [-0.05, 0) is 36.1 Å². The second-order valence-electron chi connectivity index (χ2n) is 5.92. The maximum absolute atomic E-state index is 12.0. The van der Waals surface area contributed by atoms with Crippen molar-refractivity contribution in [2.45, 2.75) is 19.3 Å². The molecule has 29 heavy (non-hydrogen) atoms. The van der Waals surface area contributed by atoms with Gasteiger partial charge in [-0.1, -0.05) is 29.3 Å². The largest absolute Gasteiger partial charge is 0.492 e. The maximum atomic E-state index is 12.0. The first-order chi connectivity index (χ1) is 14.0. The minimum Gasteiger partial charge on any atom is -0.492 e. The fourth-order valence-electron chi connectivity index (χ4n) is 2.32. The summed E-state index contributed by atoms with van der Waals surface area (Å²) in [5, 5.41) is 5.65. The van der Waals surface area contributed by atoms with Crippen LogP contribution in [0.2, 0.25) is 10.0 Å². The predicted octanol–water partition coefficient (Wildman–Crippen LogP) is 4.73. The molecule has 0 aliphatic heterocycles. The summed E-state index contributed by atoms with van der Waals surface area (Å²) in [4.78, 5) is 29.3. The van der Waals surface area contributed by atoms with Gasteiger partial charge >= 0.3 is 0 Å². The number of carbonyl (C=O) groups excluding carboxylic acids is 2. The first-order valence-electron chi connectivity index (χ1n) is 8.65. The molecule has 0 aliphatic carbocycles. The van der Waals surface area contributed by atoms with Gasteiger partial charge in [0.15, 0.2) is 0 Å². The van der Waals surface area contributed by atoms with Gasteiger partial charge in [0, 0.05) is 16.8 Å². The van der Waals surface area contributed by atoms with Crippen LogP contribution in [-0.2, 0) is 16.0 Å². The smallest absolute Gasteiger partial charge is 0.244 e. The van der Waals surface area contributed by atoms with E-state index in [4.69, 9.17) is 27.9 Å². The second kappa shape index (κ2) is 10.6. The van der Waals surface area contributed by atoms with Crippen LogP contribution in [-0.4, -0.2) is 23.4 Å². The van der Waals surface area contributed by atoms with Crippen molar-refractivity contribution in [2.24, 2.45) is 0 Å². The van der Waals surface area contributed by atoms with Crippen LogP contribution in [0.3, 0.4) is 0 Å². The number of hydrogen-bond acceptors (Lipinski definition) is 6. The number of benzene rings is 1. The SMILES string of the molecule is O=C(CCCOc1ccc(Cl)cc1Cl)NNC(=O)Cc1csc(-c2cccs2)n1. The summed E-state index contributed by atoms with van der Waals surface area (Å²) in [6.45, 7) is 0.313. The first-order valence-corrected chi connectivity index (χ1v) is 11.2. The highest BCUT2D eigenvalue weighted by atomic mass is 35.5. The van der Waals surface area contributed by atoms with Crippen LogP contribution in [0.25, 0.3) is 9.88 Å². The lowest BCUT2D eigenvalue weighted by Crippen LogP contribution is -2.42. The van der Waals surface area contributed by atoms with E-state index in [2.05, 4.69) is 15.8 Å². The van der Waals surface area contributed by atoms with Crippen molar-refractivity contribution < 1.29 is 14.3 Å². The highest BCUT2D eigenvalue weighted by molar-refractivity contribution is 7.20. The fourth-order valence-corrected chi connectivity index (χ4v) is 4.42. The highest BCUT2D eigenvalue weighted by Gasteiger charge is 2.11. The van der Waals surface area contributed by atoms with Crippen LogP contribution in [0.5, 0.6) is 5.75 Å². The Morgan fingerprint density at radius 2 is 1.93 bits per heavy atom. The molecule has 0 bridgehead atoms. The van der Waals surface area contributed by atoms with Crippen LogP contribution in [0.4, 0.5) is 0 Å².